The summed E-state index contributed by atoms with van der Waals surface area (Å²) in [4.78, 5) is 10.3. The van der Waals surface area contributed by atoms with Gasteiger partial charge in [0.2, 0.25) is 10.0 Å². The van der Waals surface area contributed by atoms with E-state index in [2.05, 4.69) is 0 Å². The predicted molar refractivity (Wildman–Crippen MR) is 44.3 cm³/mol. The van der Waals surface area contributed by atoms with Gasteiger partial charge in [0.25, 0.3) is 0 Å². The molecule has 0 aromatic rings. The van der Waals surface area contributed by atoms with Crippen LogP contribution >= 0.6 is 0 Å². The van der Waals surface area contributed by atoms with Crippen LogP contribution in [0.5, 0.6) is 0 Å². The lowest BCUT2D eigenvalue weighted by atomic mass is 10.2. The minimum atomic E-state index is -3.39. The number of hydrogen-bond donors (Lipinski definition) is 1. The smallest absolute Gasteiger partial charge is 0.307 e. The van der Waals surface area contributed by atoms with Crippen LogP contribution in [0.25, 0.3) is 0 Å². The molecule has 0 aromatic carbocycles. The molecule has 0 spiro atoms. The lowest BCUT2D eigenvalue weighted by Crippen LogP contribution is -2.30. The van der Waals surface area contributed by atoms with Crippen molar-refractivity contribution in [2.24, 2.45) is 5.92 Å². The summed E-state index contributed by atoms with van der Waals surface area (Å²) in [7, 11) is -0.632. The van der Waals surface area contributed by atoms with Gasteiger partial charge in [-0.25, -0.2) is 12.7 Å². The fraction of sp³-hybridized carbons (Fsp3) is 0.833. The summed E-state index contributed by atoms with van der Waals surface area (Å²) < 4.78 is 23.2. The van der Waals surface area contributed by atoms with Crippen molar-refractivity contribution >= 4 is 16.0 Å². The summed E-state index contributed by atoms with van der Waals surface area (Å²) in [5, 5.41) is 8.44. The van der Waals surface area contributed by atoms with E-state index in [0.29, 0.717) is 0 Å². The minimum absolute atomic E-state index is 0.352. The molecule has 1 N–H and O–H groups in total. The molecule has 0 saturated carbocycles. The number of carboxylic acid groups (broad SMARTS) is 1. The Hall–Kier alpha value is -0.620. The quantitative estimate of drug-likeness (QED) is 0.662. The fourth-order valence-corrected chi connectivity index (χ4v) is 1.61. The molecule has 0 aliphatic rings. The maximum Gasteiger partial charge on any atom is 0.307 e. The van der Waals surface area contributed by atoms with Crippen molar-refractivity contribution in [1.82, 2.24) is 4.31 Å². The molecule has 0 radical (unpaired) electrons. The zero-order valence-corrected chi connectivity index (χ0v) is 8.13. The van der Waals surface area contributed by atoms with Crippen LogP contribution < -0.4 is 0 Å². The number of aliphatic carboxylic acids is 1. The summed E-state index contributed by atoms with van der Waals surface area (Å²) in [6.07, 6.45) is 0. The molecule has 72 valence electrons. The maximum absolute atomic E-state index is 11.1. The van der Waals surface area contributed by atoms with Crippen LogP contribution in [-0.4, -0.2) is 43.6 Å². The van der Waals surface area contributed by atoms with Crippen molar-refractivity contribution in [2.45, 2.75) is 6.92 Å². The molecule has 0 amide bonds. The highest BCUT2D eigenvalue weighted by molar-refractivity contribution is 7.89. The molecular formula is C6H13NO4S. The van der Waals surface area contributed by atoms with E-state index < -0.39 is 21.9 Å². The van der Waals surface area contributed by atoms with E-state index in [1.54, 1.807) is 0 Å². The standard InChI is InChI=1S/C6H13NO4S/c1-5(6(8)9)4-12(10,11)7(2)3/h5H,4H2,1-3H3,(H,8,9). The number of nitrogens with zero attached hydrogens (tertiary/aromatic N) is 1. The number of rotatable bonds is 4. The second kappa shape index (κ2) is 3.86. The third-order valence-electron chi connectivity index (χ3n) is 1.44. The normalized spacial score (nSPS) is 14.7. The van der Waals surface area contributed by atoms with E-state index in [9.17, 15) is 13.2 Å². The number of hydrogen-bond acceptors (Lipinski definition) is 3. The van der Waals surface area contributed by atoms with Crippen molar-refractivity contribution < 1.29 is 18.3 Å². The van der Waals surface area contributed by atoms with E-state index >= 15 is 0 Å². The van der Waals surface area contributed by atoms with Gasteiger partial charge < -0.3 is 5.11 Å². The average molecular weight is 195 g/mol. The minimum Gasteiger partial charge on any atom is -0.481 e. The Bertz CT molecular complexity index is 257. The molecule has 6 heteroatoms. The van der Waals surface area contributed by atoms with Gasteiger partial charge in [-0.3, -0.25) is 4.79 Å². The average Bonchev–Trinajstić information content (AvgIpc) is 1.85. The first kappa shape index (κ1) is 11.4. The van der Waals surface area contributed by atoms with E-state index in [0.717, 1.165) is 4.31 Å². The third-order valence-corrected chi connectivity index (χ3v) is 3.47. The first-order chi connectivity index (χ1) is 5.27. The Balaban J connectivity index is 4.37. The zero-order chi connectivity index (χ0) is 9.94. The van der Waals surface area contributed by atoms with Gasteiger partial charge in [0.15, 0.2) is 0 Å². The van der Waals surface area contributed by atoms with Crippen molar-refractivity contribution in [3.63, 3.8) is 0 Å². The Morgan fingerprint density at radius 2 is 1.92 bits per heavy atom. The Labute approximate surface area is 72.0 Å². The van der Waals surface area contributed by atoms with Gasteiger partial charge in [-0.1, -0.05) is 6.92 Å². The van der Waals surface area contributed by atoms with Gasteiger partial charge >= 0.3 is 5.97 Å². The summed E-state index contributed by atoms with van der Waals surface area (Å²) in [5.41, 5.74) is 0. The third kappa shape index (κ3) is 3.19. The van der Waals surface area contributed by atoms with Gasteiger partial charge in [-0.15, -0.1) is 0 Å². The predicted octanol–water partition coefficient (Wildman–Crippen LogP) is -0.402. The van der Waals surface area contributed by atoms with Crippen LogP contribution in [0.1, 0.15) is 6.92 Å². The summed E-state index contributed by atoms with van der Waals surface area (Å²) in [6.45, 7) is 1.36. The highest BCUT2D eigenvalue weighted by Gasteiger charge is 2.22. The summed E-state index contributed by atoms with van der Waals surface area (Å²) >= 11 is 0. The first-order valence-electron chi connectivity index (χ1n) is 3.40. The molecule has 0 saturated heterocycles. The monoisotopic (exact) mass is 195 g/mol. The van der Waals surface area contributed by atoms with Crippen LogP contribution in [0, 0.1) is 5.92 Å². The molecule has 5 nitrogen and oxygen atoms in total. The molecule has 1 unspecified atom stereocenters. The lowest BCUT2D eigenvalue weighted by molar-refractivity contribution is -0.140. The van der Waals surface area contributed by atoms with Crippen LogP contribution in [0.2, 0.25) is 0 Å². The fourth-order valence-electron chi connectivity index (χ4n) is 0.536. The molecule has 0 aliphatic heterocycles. The van der Waals surface area contributed by atoms with Gasteiger partial charge in [-0.2, -0.15) is 0 Å². The second-order valence-corrected chi connectivity index (χ2v) is 5.03. The number of sulfonamides is 1. The van der Waals surface area contributed by atoms with Crippen LogP contribution in [0.3, 0.4) is 0 Å². The second-order valence-electron chi connectivity index (χ2n) is 2.80. The summed E-state index contributed by atoms with van der Waals surface area (Å²) in [5.74, 6) is -2.31. The van der Waals surface area contributed by atoms with Gasteiger partial charge in [-0.05, 0) is 0 Å². The maximum atomic E-state index is 11.1. The molecule has 0 rings (SSSR count). The number of carboxylic acids is 1. The highest BCUT2D eigenvalue weighted by atomic mass is 32.2. The molecule has 0 bridgehead atoms. The lowest BCUT2D eigenvalue weighted by Gasteiger charge is -2.12. The van der Waals surface area contributed by atoms with Crippen LogP contribution in [0.4, 0.5) is 0 Å². The Morgan fingerprint density at radius 3 is 2.17 bits per heavy atom. The van der Waals surface area contributed by atoms with E-state index in [-0.39, 0.29) is 5.75 Å². The number of carbonyl (C=O) groups is 1. The molecule has 0 aromatic heterocycles. The Morgan fingerprint density at radius 1 is 1.50 bits per heavy atom. The molecular weight excluding hydrogens is 182 g/mol. The Kier molecular flexibility index (Phi) is 3.66. The zero-order valence-electron chi connectivity index (χ0n) is 7.31. The topological polar surface area (TPSA) is 74.7 Å². The van der Waals surface area contributed by atoms with Crippen molar-refractivity contribution in [1.29, 1.82) is 0 Å². The largest absolute Gasteiger partial charge is 0.481 e. The highest BCUT2D eigenvalue weighted by Crippen LogP contribution is 2.03. The summed E-state index contributed by atoms with van der Waals surface area (Å²) in [6, 6.07) is 0. The molecule has 12 heavy (non-hydrogen) atoms. The van der Waals surface area contributed by atoms with Crippen molar-refractivity contribution in [3.05, 3.63) is 0 Å². The molecule has 0 heterocycles. The van der Waals surface area contributed by atoms with Crippen LogP contribution in [0.15, 0.2) is 0 Å². The molecule has 0 fully saturated rings. The van der Waals surface area contributed by atoms with Crippen molar-refractivity contribution in [3.8, 4) is 0 Å². The van der Waals surface area contributed by atoms with E-state index in [4.69, 9.17) is 5.11 Å². The SMILES string of the molecule is CC(CS(=O)(=O)N(C)C)C(=O)O. The molecule has 1 atom stereocenters. The first-order valence-corrected chi connectivity index (χ1v) is 5.01. The van der Waals surface area contributed by atoms with Gasteiger partial charge in [0.05, 0.1) is 11.7 Å². The van der Waals surface area contributed by atoms with Crippen LogP contribution in [-0.2, 0) is 14.8 Å². The van der Waals surface area contributed by atoms with E-state index in [1.165, 1.54) is 21.0 Å². The van der Waals surface area contributed by atoms with Gasteiger partial charge in [0.1, 0.15) is 0 Å². The van der Waals surface area contributed by atoms with Gasteiger partial charge in [0, 0.05) is 14.1 Å². The van der Waals surface area contributed by atoms with Crippen molar-refractivity contribution in [2.75, 3.05) is 19.8 Å². The van der Waals surface area contributed by atoms with E-state index in [1.807, 2.05) is 0 Å². The molecule has 0 aliphatic carbocycles.